The molecule has 1 heterocycles. The summed E-state index contributed by atoms with van der Waals surface area (Å²) < 4.78 is 0. The summed E-state index contributed by atoms with van der Waals surface area (Å²) in [5.74, 6) is -0.184. The fraction of sp³-hybridized carbons (Fsp3) is 0.357. The largest absolute Gasteiger partial charge is 0.301 e. The Morgan fingerprint density at radius 3 is 2.61 bits per heavy atom. The second-order valence-corrected chi connectivity index (χ2v) is 4.81. The van der Waals surface area contributed by atoms with Gasteiger partial charge in [-0.1, -0.05) is 18.2 Å². The second-order valence-electron chi connectivity index (χ2n) is 4.81. The van der Waals surface area contributed by atoms with Crippen LogP contribution in [0.15, 0.2) is 24.3 Å². The van der Waals surface area contributed by atoms with Gasteiger partial charge in [0.2, 0.25) is 5.91 Å². The molecule has 0 radical (unpaired) electrons. The van der Waals surface area contributed by atoms with E-state index in [1.165, 1.54) is 0 Å². The number of Topliss-reactive ketones (excluding diaryl/α,β-unsaturated/α-hetero) is 2. The molecule has 1 aliphatic carbocycles. The van der Waals surface area contributed by atoms with Gasteiger partial charge in [-0.2, -0.15) is 0 Å². The standard InChI is InChI=1S/C14H13NO3/c16-10-5-6-12(13(17)8-10)15-11-4-2-1-3-9(11)7-14(15)18/h1-4,12H,5-8H2. The van der Waals surface area contributed by atoms with Crippen molar-refractivity contribution in [2.45, 2.75) is 31.7 Å². The molecule has 1 aromatic rings. The van der Waals surface area contributed by atoms with Gasteiger partial charge in [-0.3, -0.25) is 14.4 Å². The number of hydrogen-bond acceptors (Lipinski definition) is 3. The number of hydrogen-bond donors (Lipinski definition) is 0. The lowest BCUT2D eigenvalue weighted by Gasteiger charge is -2.29. The van der Waals surface area contributed by atoms with E-state index in [-0.39, 0.29) is 23.9 Å². The molecule has 1 amide bonds. The Morgan fingerprint density at radius 2 is 1.83 bits per heavy atom. The van der Waals surface area contributed by atoms with Gasteiger partial charge in [0, 0.05) is 12.1 Å². The van der Waals surface area contributed by atoms with Gasteiger partial charge in [-0.05, 0) is 18.1 Å². The lowest BCUT2D eigenvalue weighted by atomic mass is 9.92. The number of para-hydroxylation sites is 1. The van der Waals surface area contributed by atoms with Crippen molar-refractivity contribution in [1.82, 2.24) is 0 Å². The first-order chi connectivity index (χ1) is 8.66. The highest BCUT2D eigenvalue weighted by Gasteiger charge is 2.38. The maximum atomic E-state index is 12.0. The van der Waals surface area contributed by atoms with Crippen LogP contribution in [0.1, 0.15) is 24.8 Å². The zero-order chi connectivity index (χ0) is 12.7. The van der Waals surface area contributed by atoms with E-state index < -0.39 is 6.04 Å². The van der Waals surface area contributed by atoms with Crippen LogP contribution in [0.2, 0.25) is 0 Å². The molecule has 1 fully saturated rings. The average molecular weight is 243 g/mol. The van der Waals surface area contributed by atoms with E-state index in [2.05, 4.69) is 0 Å². The molecule has 4 nitrogen and oxygen atoms in total. The molecular weight excluding hydrogens is 230 g/mol. The van der Waals surface area contributed by atoms with Crippen LogP contribution < -0.4 is 4.90 Å². The number of ketones is 2. The number of rotatable bonds is 1. The summed E-state index contributed by atoms with van der Waals surface area (Å²) >= 11 is 0. The van der Waals surface area contributed by atoms with Crippen LogP contribution in [0.25, 0.3) is 0 Å². The first kappa shape index (κ1) is 11.1. The summed E-state index contributed by atoms with van der Waals surface area (Å²) in [4.78, 5) is 36.8. The number of carbonyl (C=O) groups excluding carboxylic acids is 3. The van der Waals surface area contributed by atoms with Gasteiger partial charge < -0.3 is 4.90 Å². The molecule has 1 aromatic carbocycles. The third kappa shape index (κ3) is 1.65. The monoisotopic (exact) mass is 243 g/mol. The molecule has 3 rings (SSSR count). The molecule has 2 aliphatic rings. The number of amides is 1. The van der Waals surface area contributed by atoms with Crippen molar-refractivity contribution in [3.63, 3.8) is 0 Å². The van der Waals surface area contributed by atoms with Gasteiger partial charge in [0.15, 0.2) is 5.78 Å². The molecule has 1 aliphatic heterocycles. The molecule has 0 saturated heterocycles. The number of fused-ring (bicyclic) bond motifs is 1. The van der Waals surface area contributed by atoms with Gasteiger partial charge in [0.1, 0.15) is 5.78 Å². The van der Waals surface area contributed by atoms with Crippen LogP contribution in [0.4, 0.5) is 5.69 Å². The predicted molar refractivity (Wildman–Crippen MR) is 65.3 cm³/mol. The highest BCUT2D eigenvalue weighted by molar-refractivity contribution is 6.11. The number of nitrogens with zero attached hydrogens (tertiary/aromatic N) is 1. The minimum Gasteiger partial charge on any atom is -0.301 e. The van der Waals surface area contributed by atoms with E-state index in [0.29, 0.717) is 19.3 Å². The van der Waals surface area contributed by atoms with Gasteiger partial charge in [-0.25, -0.2) is 0 Å². The molecule has 92 valence electrons. The lowest BCUT2D eigenvalue weighted by Crippen LogP contribution is -2.46. The highest BCUT2D eigenvalue weighted by atomic mass is 16.2. The summed E-state index contributed by atoms with van der Waals surface area (Å²) in [6.45, 7) is 0. The third-order valence-electron chi connectivity index (χ3n) is 3.61. The van der Waals surface area contributed by atoms with E-state index in [1.54, 1.807) is 4.90 Å². The van der Waals surface area contributed by atoms with Crippen LogP contribution in [-0.2, 0) is 20.8 Å². The van der Waals surface area contributed by atoms with E-state index >= 15 is 0 Å². The van der Waals surface area contributed by atoms with E-state index in [0.717, 1.165) is 11.3 Å². The van der Waals surface area contributed by atoms with Crippen LogP contribution in [0.5, 0.6) is 0 Å². The fourth-order valence-corrected chi connectivity index (χ4v) is 2.75. The normalized spacial score (nSPS) is 23.4. The van der Waals surface area contributed by atoms with E-state index in [4.69, 9.17) is 0 Å². The van der Waals surface area contributed by atoms with Crippen molar-refractivity contribution < 1.29 is 14.4 Å². The zero-order valence-electron chi connectivity index (χ0n) is 9.89. The summed E-state index contributed by atoms with van der Waals surface area (Å²) in [5, 5.41) is 0. The minimum atomic E-state index is -0.446. The lowest BCUT2D eigenvalue weighted by molar-refractivity contribution is -0.132. The molecule has 0 N–H and O–H groups in total. The van der Waals surface area contributed by atoms with Crippen molar-refractivity contribution in [3.05, 3.63) is 29.8 Å². The predicted octanol–water partition coefficient (Wildman–Crippen LogP) is 1.27. The van der Waals surface area contributed by atoms with Crippen LogP contribution >= 0.6 is 0 Å². The number of benzene rings is 1. The summed E-state index contributed by atoms with van der Waals surface area (Å²) in [7, 11) is 0. The highest BCUT2D eigenvalue weighted by Crippen LogP contribution is 2.33. The van der Waals surface area contributed by atoms with E-state index in [9.17, 15) is 14.4 Å². The minimum absolute atomic E-state index is 0.0174. The molecule has 0 aromatic heterocycles. The van der Waals surface area contributed by atoms with Crippen LogP contribution in [0, 0.1) is 0 Å². The van der Waals surface area contributed by atoms with Crippen LogP contribution in [-0.4, -0.2) is 23.5 Å². The maximum absolute atomic E-state index is 12.0. The van der Waals surface area contributed by atoms with Crippen molar-refractivity contribution >= 4 is 23.2 Å². The Labute approximate surface area is 105 Å². The SMILES string of the molecule is O=C1CCC(N2C(=O)Cc3ccccc32)C(=O)C1. The van der Waals surface area contributed by atoms with Gasteiger partial charge >= 0.3 is 0 Å². The number of anilines is 1. The topological polar surface area (TPSA) is 54.5 Å². The van der Waals surface area contributed by atoms with Crippen molar-refractivity contribution in [3.8, 4) is 0 Å². The molecule has 1 saturated carbocycles. The average Bonchev–Trinajstić information content (AvgIpc) is 2.66. The van der Waals surface area contributed by atoms with Gasteiger partial charge in [0.25, 0.3) is 0 Å². The second kappa shape index (κ2) is 4.05. The zero-order valence-corrected chi connectivity index (χ0v) is 9.89. The molecule has 1 unspecified atom stereocenters. The summed E-state index contributed by atoms with van der Waals surface area (Å²) in [6, 6.07) is 7.08. The summed E-state index contributed by atoms with van der Waals surface area (Å²) in [6.07, 6.45) is 1.17. The Kier molecular flexibility index (Phi) is 2.51. The Morgan fingerprint density at radius 1 is 1.06 bits per heavy atom. The molecular formula is C14H13NO3. The molecule has 4 heteroatoms. The first-order valence-corrected chi connectivity index (χ1v) is 6.11. The van der Waals surface area contributed by atoms with Crippen LogP contribution in [0.3, 0.4) is 0 Å². The van der Waals surface area contributed by atoms with Crippen molar-refractivity contribution in [1.29, 1.82) is 0 Å². The Balaban J connectivity index is 1.95. The fourth-order valence-electron chi connectivity index (χ4n) is 2.75. The molecule has 18 heavy (non-hydrogen) atoms. The smallest absolute Gasteiger partial charge is 0.232 e. The molecule has 0 bridgehead atoms. The van der Waals surface area contributed by atoms with Crippen molar-refractivity contribution in [2.75, 3.05) is 4.90 Å². The van der Waals surface area contributed by atoms with Gasteiger partial charge in [0.05, 0.1) is 18.9 Å². The van der Waals surface area contributed by atoms with Gasteiger partial charge in [-0.15, -0.1) is 0 Å². The van der Waals surface area contributed by atoms with E-state index in [1.807, 2.05) is 24.3 Å². The molecule has 0 spiro atoms. The first-order valence-electron chi connectivity index (χ1n) is 6.11. The Bertz CT molecular complexity index is 550. The quantitative estimate of drug-likeness (QED) is 0.698. The molecule has 1 atom stereocenters. The maximum Gasteiger partial charge on any atom is 0.232 e. The summed E-state index contributed by atoms with van der Waals surface area (Å²) in [5.41, 5.74) is 1.79. The Hall–Kier alpha value is -1.97. The van der Waals surface area contributed by atoms with Crippen molar-refractivity contribution in [2.24, 2.45) is 0 Å². The number of carbonyl (C=O) groups is 3. The third-order valence-corrected chi connectivity index (χ3v) is 3.61.